The molecule has 2 aliphatic heterocycles. The molecule has 3 aliphatic rings. The lowest BCUT2D eigenvalue weighted by Gasteiger charge is -2.40. The minimum Gasteiger partial charge on any atom is -0.471 e. The van der Waals surface area contributed by atoms with E-state index in [1.165, 1.54) is 24.3 Å². The molecular formula is C25H35N3O5. The van der Waals surface area contributed by atoms with Crippen LogP contribution in [0.25, 0.3) is 0 Å². The number of piperazine rings is 1. The Balaban J connectivity index is 0.000000265. The van der Waals surface area contributed by atoms with E-state index in [2.05, 4.69) is 49.4 Å². The van der Waals surface area contributed by atoms with E-state index < -0.39 is 5.54 Å². The van der Waals surface area contributed by atoms with E-state index in [0.717, 1.165) is 25.9 Å². The average molecular weight is 458 g/mol. The van der Waals surface area contributed by atoms with Crippen molar-refractivity contribution in [2.75, 3.05) is 39.8 Å². The average Bonchev–Trinajstić information content (AvgIpc) is 3.39. The largest absolute Gasteiger partial charge is 0.471 e. The zero-order chi connectivity index (χ0) is 24.4. The van der Waals surface area contributed by atoms with Crippen LogP contribution in [0.3, 0.4) is 0 Å². The summed E-state index contributed by atoms with van der Waals surface area (Å²) in [6.07, 6.45) is 4.74. The fourth-order valence-electron chi connectivity index (χ4n) is 4.17. The smallest absolute Gasteiger partial charge is 0.292 e. The Morgan fingerprint density at radius 1 is 1.09 bits per heavy atom. The van der Waals surface area contributed by atoms with Crippen molar-refractivity contribution in [3.8, 4) is 0 Å². The number of hydrogen-bond acceptors (Lipinski definition) is 5. The normalized spacial score (nSPS) is 17.9. The summed E-state index contributed by atoms with van der Waals surface area (Å²) < 4.78 is 3.86. The highest BCUT2D eigenvalue weighted by Crippen LogP contribution is 2.45. The number of methoxy groups -OCH3 is 1. The molecule has 0 unspecified atom stereocenters. The molecule has 1 saturated carbocycles. The van der Waals surface area contributed by atoms with E-state index >= 15 is 0 Å². The maximum atomic E-state index is 12.6. The third-order valence-corrected chi connectivity index (χ3v) is 6.01. The molecule has 33 heavy (non-hydrogen) atoms. The van der Waals surface area contributed by atoms with Crippen LogP contribution >= 0.6 is 0 Å². The molecule has 8 heteroatoms. The van der Waals surface area contributed by atoms with Crippen LogP contribution in [0.15, 0.2) is 36.9 Å². The summed E-state index contributed by atoms with van der Waals surface area (Å²) in [5, 5.41) is 0. The van der Waals surface area contributed by atoms with Gasteiger partial charge in [-0.1, -0.05) is 42.0 Å². The SMILES string of the molecule is C=CC(=O)N1CCN(CC(=O)N2CCCC2)C(=O)C12CC2.COC=O.Cc1cccc(C)c1. The Kier molecular flexibility index (Phi) is 9.63. The highest BCUT2D eigenvalue weighted by molar-refractivity contribution is 5.99. The van der Waals surface area contributed by atoms with Crippen molar-refractivity contribution >= 4 is 24.2 Å². The lowest BCUT2D eigenvalue weighted by atomic mass is 10.1. The quantitative estimate of drug-likeness (QED) is 0.510. The van der Waals surface area contributed by atoms with Gasteiger partial charge in [-0.05, 0) is 45.6 Å². The number of aryl methyl sites for hydroxylation is 2. The highest BCUT2D eigenvalue weighted by atomic mass is 16.5. The van der Waals surface area contributed by atoms with Crippen molar-refractivity contribution in [2.24, 2.45) is 0 Å². The summed E-state index contributed by atoms with van der Waals surface area (Å²) in [6, 6.07) is 8.45. The fourth-order valence-corrected chi connectivity index (χ4v) is 4.17. The van der Waals surface area contributed by atoms with Gasteiger partial charge in [-0.15, -0.1) is 0 Å². The molecule has 2 saturated heterocycles. The van der Waals surface area contributed by atoms with Gasteiger partial charge in [0, 0.05) is 26.2 Å². The Labute approximate surface area is 196 Å². The van der Waals surface area contributed by atoms with Gasteiger partial charge in [0.05, 0.1) is 13.7 Å². The van der Waals surface area contributed by atoms with E-state index in [4.69, 9.17) is 4.79 Å². The Morgan fingerprint density at radius 3 is 2.09 bits per heavy atom. The molecule has 0 N–H and O–H groups in total. The first kappa shape index (κ1) is 26.1. The number of ether oxygens (including phenoxy) is 1. The zero-order valence-corrected chi connectivity index (χ0v) is 19.9. The minimum absolute atomic E-state index is 0.0279. The van der Waals surface area contributed by atoms with Crippen molar-refractivity contribution in [2.45, 2.75) is 45.1 Å². The number of nitrogens with zero attached hydrogens (tertiary/aromatic N) is 3. The topological polar surface area (TPSA) is 87.2 Å². The molecule has 1 aromatic rings. The van der Waals surface area contributed by atoms with Crippen LogP contribution in [0.2, 0.25) is 0 Å². The van der Waals surface area contributed by atoms with Gasteiger partial charge in [0.25, 0.3) is 6.47 Å². The molecule has 3 fully saturated rings. The number of carbonyl (C=O) groups excluding carboxylic acids is 4. The van der Waals surface area contributed by atoms with E-state index in [1.54, 1.807) is 9.80 Å². The van der Waals surface area contributed by atoms with E-state index in [0.29, 0.717) is 32.4 Å². The van der Waals surface area contributed by atoms with Crippen LogP contribution in [-0.2, 0) is 23.9 Å². The van der Waals surface area contributed by atoms with Gasteiger partial charge in [0.1, 0.15) is 5.54 Å². The molecule has 0 aromatic heterocycles. The van der Waals surface area contributed by atoms with E-state index in [-0.39, 0.29) is 24.3 Å². The van der Waals surface area contributed by atoms with Crippen LogP contribution < -0.4 is 0 Å². The number of likely N-dealkylation sites (tertiary alicyclic amines) is 1. The number of benzene rings is 1. The summed E-state index contributed by atoms with van der Waals surface area (Å²) in [6.45, 7) is 10.7. The van der Waals surface area contributed by atoms with Crippen molar-refractivity contribution in [3.05, 3.63) is 48.0 Å². The molecular weight excluding hydrogens is 422 g/mol. The van der Waals surface area contributed by atoms with Gasteiger partial charge in [-0.2, -0.15) is 0 Å². The molecule has 3 amide bonds. The predicted octanol–water partition coefficient (Wildman–Crippen LogP) is 2.09. The van der Waals surface area contributed by atoms with Crippen molar-refractivity contribution in [3.63, 3.8) is 0 Å². The van der Waals surface area contributed by atoms with Crippen LogP contribution in [0.5, 0.6) is 0 Å². The third kappa shape index (κ3) is 6.91. The summed E-state index contributed by atoms with van der Waals surface area (Å²) in [7, 11) is 1.31. The molecule has 180 valence electrons. The predicted molar refractivity (Wildman–Crippen MR) is 125 cm³/mol. The first-order valence-electron chi connectivity index (χ1n) is 11.3. The lowest BCUT2D eigenvalue weighted by Crippen LogP contribution is -2.61. The molecule has 1 spiro atoms. The number of hydrogen-bond donors (Lipinski definition) is 0. The van der Waals surface area contributed by atoms with E-state index in [9.17, 15) is 14.4 Å². The van der Waals surface area contributed by atoms with Crippen LogP contribution in [0.1, 0.15) is 36.8 Å². The molecule has 0 atom stereocenters. The van der Waals surface area contributed by atoms with Crippen molar-refractivity contribution in [1.29, 1.82) is 0 Å². The Bertz CT molecular complexity index is 842. The standard InChI is InChI=1S/C15H21N3O3.C8H10.C2H4O2/c1-2-12(19)18-10-9-17(14(21)15(18)5-6-15)11-13(20)16-7-3-4-8-16;1-7-4-3-5-8(2)6-7;1-4-2-3/h2H,1,3-11H2;3-6H,1-2H3;2H,1H3. The van der Waals surface area contributed by atoms with Crippen LogP contribution in [-0.4, -0.2) is 84.3 Å². The monoisotopic (exact) mass is 457 g/mol. The van der Waals surface area contributed by atoms with Gasteiger partial charge >= 0.3 is 0 Å². The van der Waals surface area contributed by atoms with E-state index in [1.807, 2.05) is 4.90 Å². The van der Waals surface area contributed by atoms with Crippen molar-refractivity contribution in [1.82, 2.24) is 14.7 Å². The molecule has 4 rings (SSSR count). The molecule has 0 radical (unpaired) electrons. The second-order valence-corrected chi connectivity index (χ2v) is 8.53. The zero-order valence-electron chi connectivity index (χ0n) is 19.9. The van der Waals surface area contributed by atoms with Crippen molar-refractivity contribution < 1.29 is 23.9 Å². The maximum Gasteiger partial charge on any atom is 0.292 e. The molecule has 2 heterocycles. The summed E-state index contributed by atoms with van der Waals surface area (Å²) in [4.78, 5) is 50.7. The van der Waals surface area contributed by atoms with Crippen LogP contribution in [0, 0.1) is 13.8 Å². The van der Waals surface area contributed by atoms with Gasteiger partial charge < -0.3 is 19.4 Å². The van der Waals surface area contributed by atoms with Gasteiger partial charge in [0.2, 0.25) is 17.7 Å². The fraction of sp³-hybridized carbons (Fsp3) is 0.520. The number of amides is 3. The van der Waals surface area contributed by atoms with Crippen LogP contribution in [0.4, 0.5) is 0 Å². The second kappa shape index (κ2) is 12.2. The Morgan fingerprint density at radius 2 is 1.67 bits per heavy atom. The summed E-state index contributed by atoms with van der Waals surface area (Å²) in [5.41, 5.74) is 1.99. The first-order valence-corrected chi connectivity index (χ1v) is 11.3. The second-order valence-electron chi connectivity index (χ2n) is 8.53. The third-order valence-electron chi connectivity index (χ3n) is 6.01. The molecule has 1 aliphatic carbocycles. The number of rotatable bonds is 4. The first-order chi connectivity index (χ1) is 15.8. The Hall–Kier alpha value is -3.16. The summed E-state index contributed by atoms with van der Waals surface area (Å²) >= 11 is 0. The maximum absolute atomic E-state index is 12.6. The summed E-state index contributed by atoms with van der Waals surface area (Å²) in [5.74, 6) is -0.233. The molecule has 1 aromatic carbocycles. The lowest BCUT2D eigenvalue weighted by molar-refractivity contribution is -0.154. The molecule has 8 nitrogen and oxygen atoms in total. The van der Waals surface area contributed by atoms with Gasteiger partial charge in [0.15, 0.2) is 0 Å². The van der Waals surface area contributed by atoms with Gasteiger partial charge in [-0.3, -0.25) is 19.2 Å². The molecule has 0 bridgehead atoms. The minimum atomic E-state index is -0.686. The number of carbonyl (C=O) groups is 4. The van der Waals surface area contributed by atoms with Gasteiger partial charge in [-0.25, -0.2) is 0 Å². The highest BCUT2D eigenvalue weighted by Gasteiger charge is 2.59.